The van der Waals surface area contributed by atoms with E-state index in [2.05, 4.69) is 11.9 Å². The molecule has 0 aromatic carbocycles. The first-order valence-corrected chi connectivity index (χ1v) is 8.76. The van der Waals surface area contributed by atoms with E-state index in [0.717, 1.165) is 13.1 Å². The first-order chi connectivity index (χ1) is 8.27. The maximum absolute atomic E-state index is 10.2. The van der Waals surface area contributed by atoms with Crippen molar-refractivity contribution < 1.29 is 19.4 Å². The molecule has 0 unspecified atom stereocenters. The summed E-state index contributed by atoms with van der Waals surface area (Å²) in [4.78, 5) is 10.2. The van der Waals surface area contributed by atoms with Gasteiger partial charge in [0.1, 0.15) is 0 Å². The minimum absolute atomic E-state index is 0.0578. The molecule has 0 bridgehead atoms. The number of nitrogens with one attached hydrogen (secondary N) is 1. The average molecular weight is 263 g/mol. The largest absolute Gasteiger partial charge is 0.481 e. The zero-order valence-corrected chi connectivity index (χ0v) is 12.2. The Bertz CT molecular complexity index is 181. The maximum atomic E-state index is 10.2. The number of aliphatic carboxylic acids is 1. The second-order valence-electron chi connectivity index (χ2n) is 3.83. The monoisotopic (exact) mass is 263 g/mol. The summed E-state index contributed by atoms with van der Waals surface area (Å²) in [6.45, 7) is 6.23. The molecular weight excluding hydrogens is 238 g/mol. The first kappa shape index (κ1) is 16.6. The molecule has 0 aromatic rings. The molecule has 0 fully saturated rings. The number of hydrogen-bond acceptors (Lipinski definition) is 4. The molecule has 6 heteroatoms. The van der Waals surface area contributed by atoms with E-state index >= 15 is 0 Å². The summed E-state index contributed by atoms with van der Waals surface area (Å²) >= 11 is 0. The maximum Gasteiger partial charge on any atom is 0.305 e. The fraction of sp³-hybridized carbons (Fsp3) is 0.909. The van der Waals surface area contributed by atoms with Crippen LogP contribution in [0.1, 0.15) is 12.8 Å². The molecule has 102 valence electrons. The number of ether oxygens (including phenoxy) is 2. The van der Waals surface area contributed by atoms with E-state index < -0.39 is 5.97 Å². The molecule has 0 amide bonds. The van der Waals surface area contributed by atoms with Crippen molar-refractivity contribution in [1.82, 2.24) is 5.32 Å². The lowest BCUT2D eigenvalue weighted by Crippen LogP contribution is -2.21. The molecule has 0 spiro atoms. The second kappa shape index (κ2) is 13.6. The van der Waals surface area contributed by atoms with Gasteiger partial charge in [0.2, 0.25) is 0 Å². The number of rotatable bonds is 13. The van der Waals surface area contributed by atoms with Crippen LogP contribution in [0, 0.1) is 0 Å². The highest BCUT2D eigenvalue weighted by Gasteiger charge is 1.96. The third-order valence-corrected chi connectivity index (χ3v) is 3.42. The van der Waals surface area contributed by atoms with Gasteiger partial charge in [-0.2, -0.15) is 0 Å². The normalized spacial score (nSPS) is 11.4. The Balaban J connectivity index is 2.91. The zero-order chi connectivity index (χ0) is 12.8. The highest BCUT2D eigenvalue weighted by molar-refractivity contribution is 6.33. The lowest BCUT2D eigenvalue weighted by atomic mass is 10.5. The van der Waals surface area contributed by atoms with E-state index in [9.17, 15) is 4.79 Å². The van der Waals surface area contributed by atoms with E-state index in [1.165, 1.54) is 12.5 Å². The van der Waals surface area contributed by atoms with Gasteiger partial charge < -0.3 is 19.9 Å². The number of carboxylic acid groups (broad SMARTS) is 1. The predicted octanol–water partition coefficient (Wildman–Crippen LogP) is 0.109. The fourth-order valence-corrected chi connectivity index (χ4v) is 2.00. The van der Waals surface area contributed by atoms with Crippen molar-refractivity contribution in [1.29, 1.82) is 0 Å². The molecule has 0 atom stereocenters. The van der Waals surface area contributed by atoms with Gasteiger partial charge in [0, 0.05) is 16.1 Å². The summed E-state index contributed by atoms with van der Waals surface area (Å²) in [5, 5.41) is 11.7. The van der Waals surface area contributed by atoms with Crippen LogP contribution in [-0.4, -0.2) is 60.1 Å². The molecule has 0 aliphatic heterocycles. The standard InChI is InChI=1S/C11H25NO4Si/c1-17-10-2-4-12-5-7-16-9-8-15-6-3-11(13)14/h12H,2-10,17H2,1H3,(H,13,14). The number of carboxylic acids is 1. The molecule has 2 N–H and O–H groups in total. The van der Waals surface area contributed by atoms with Gasteiger partial charge in [-0.3, -0.25) is 4.79 Å². The molecule has 0 saturated carbocycles. The van der Waals surface area contributed by atoms with Crippen LogP contribution in [0.3, 0.4) is 0 Å². The summed E-state index contributed by atoms with van der Waals surface area (Å²) in [5.74, 6) is -0.828. The predicted molar refractivity (Wildman–Crippen MR) is 70.6 cm³/mol. The zero-order valence-electron chi connectivity index (χ0n) is 10.7. The smallest absolute Gasteiger partial charge is 0.305 e. The molecule has 0 aliphatic carbocycles. The van der Waals surface area contributed by atoms with Crippen LogP contribution in [0.25, 0.3) is 0 Å². The van der Waals surface area contributed by atoms with Crippen LogP contribution in [0.5, 0.6) is 0 Å². The molecule has 0 rings (SSSR count). The Hall–Kier alpha value is -0.433. The van der Waals surface area contributed by atoms with Crippen molar-refractivity contribution in [2.75, 3.05) is 39.5 Å². The molecule has 0 heterocycles. The molecule has 5 nitrogen and oxygen atoms in total. The lowest BCUT2D eigenvalue weighted by Gasteiger charge is -2.06. The molecule has 0 radical (unpaired) electrons. The molecular formula is C11H25NO4Si. The van der Waals surface area contributed by atoms with Crippen LogP contribution in [0.15, 0.2) is 0 Å². The average Bonchev–Trinajstić information content (AvgIpc) is 2.30. The van der Waals surface area contributed by atoms with Gasteiger partial charge in [-0.05, 0) is 13.0 Å². The summed E-state index contributed by atoms with van der Waals surface area (Å²) in [7, 11) is 0.223. The van der Waals surface area contributed by atoms with Gasteiger partial charge in [-0.15, -0.1) is 0 Å². The van der Waals surface area contributed by atoms with Gasteiger partial charge in [0.25, 0.3) is 0 Å². The van der Waals surface area contributed by atoms with E-state index in [1.807, 2.05) is 0 Å². The fourth-order valence-electron chi connectivity index (χ4n) is 1.25. The Morgan fingerprint density at radius 3 is 2.53 bits per heavy atom. The molecule has 17 heavy (non-hydrogen) atoms. The Kier molecular flexibility index (Phi) is 13.3. The van der Waals surface area contributed by atoms with Gasteiger partial charge in [0.05, 0.1) is 32.8 Å². The molecule has 0 saturated heterocycles. The van der Waals surface area contributed by atoms with Crippen molar-refractivity contribution in [2.24, 2.45) is 0 Å². The van der Waals surface area contributed by atoms with Gasteiger partial charge >= 0.3 is 5.97 Å². The van der Waals surface area contributed by atoms with E-state index in [1.54, 1.807) is 0 Å². The van der Waals surface area contributed by atoms with Gasteiger partial charge in [-0.1, -0.05) is 12.6 Å². The lowest BCUT2D eigenvalue weighted by molar-refractivity contribution is -0.138. The third kappa shape index (κ3) is 15.6. The SMILES string of the molecule is C[SiH2]CCCNCCOCCOCCC(=O)O. The summed E-state index contributed by atoms with van der Waals surface area (Å²) in [5.41, 5.74) is 0. The van der Waals surface area contributed by atoms with Crippen molar-refractivity contribution >= 4 is 15.5 Å². The summed E-state index contributed by atoms with van der Waals surface area (Å²) in [6.07, 6.45) is 1.34. The van der Waals surface area contributed by atoms with Crippen LogP contribution < -0.4 is 5.32 Å². The molecule has 0 aliphatic rings. The van der Waals surface area contributed by atoms with Crippen LogP contribution in [0.2, 0.25) is 12.6 Å². The van der Waals surface area contributed by atoms with E-state index in [-0.39, 0.29) is 22.5 Å². The Morgan fingerprint density at radius 2 is 1.88 bits per heavy atom. The number of carbonyl (C=O) groups is 1. The highest BCUT2D eigenvalue weighted by Crippen LogP contribution is 1.85. The first-order valence-electron chi connectivity index (χ1n) is 6.35. The van der Waals surface area contributed by atoms with Crippen molar-refractivity contribution in [2.45, 2.75) is 25.4 Å². The molecule has 0 aromatic heterocycles. The summed E-state index contributed by atoms with van der Waals surface area (Å²) < 4.78 is 10.4. The van der Waals surface area contributed by atoms with Crippen molar-refractivity contribution in [3.05, 3.63) is 0 Å². The quantitative estimate of drug-likeness (QED) is 0.365. The van der Waals surface area contributed by atoms with Crippen LogP contribution in [0.4, 0.5) is 0 Å². The number of hydrogen-bond donors (Lipinski definition) is 2. The van der Waals surface area contributed by atoms with Crippen LogP contribution >= 0.6 is 0 Å². The van der Waals surface area contributed by atoms with Crippen LogP contribution in [-0.2, 0) is 14.3 Å². The minimum atomic E-state index is -0.828. The topological polar surface area (TPSA) is 67.8 Å². The van der Waals surface area contributed by atoms with E-state index in [0.29, 0.717) is 19.8 Å². The summed E-state index contributed by atoms with van der Waals surface area (Å²) in [6, 6.07) is 1.41. The van der Waals surface area contributed by atoms with Crippen molar-refractivity contribution in [3.63, 3.8) is 0 Å². The highest BCUT2D eigenvalue weighted by atomic mass is 28.2. The third-order valence-electron chi connectivity index (χ3n) is 2.21. The van der Waals surface area contributed by atoms with Gasteiger partial charge in [0.15, 0.2) is 0 Å². The minimum Gasteiger partial charge on any atom is -0.481 e. The Labute approximate surface area is 106 Å². The van der Waals surface area contributed by atoms with E-state index in [4.69, 9.17) is 14.6 Å². The van der Waals surface area contributed by atoms with Gasteiger partial charge in [-0.25, -0.2) is 0 Å². The Morgan fingerprint density at radius 1 is 1.18 bits per heavy atom. The van der Waals surface area contributed by atoms with Crippen molar-refractivity contribution in [3.8, 4) is 0 Å². The second-order valence-corrected chi connectivity index (χ2v) is 5.53.